The maximum atomic E-state index is 11.4. The Hall–Kier alpha value is -1.06. The van der Waals surface area contributed by atoms with Crippen molar-refractivity contribution in [3.05, 3.63) is 35.9 Å². The lowest BCUT2D eigenvalue weighted by atomic mass is 9.91. The predicted octanol–water partition coefficient (Wildman–Crippen LogP) is 2.72. The summed E-state index contributed by atoms with van der Waals surface area (Å²) in [7, 11) is 0. The van der Waals surface area contributed by atoms with E-state index in [1.54, 1.807) is 0 Å². The van der Waals surface area contributed by atoms with Crippen LogP contribution in [0.2, 0.25) is 0 Å². The highest BCUT2D eigenvalue weighted by Crippen LogP contribution is 2.22. The van der Waals surface area contributed by atoms with Gasteiger partial charge in [0.15, 0.2) is 5.60 Å². The number of rotatable bonds is 7. The third-order valence-corrected chi connectivity index (χ3v) is 2.90. The first-order chi connectivity index (χ1) is 8.14. The SMILES string of the molecule is CCC(Cc1ccccc1)(OCCCl)C(=O)O. The van der Waals surface area contributed by atoms with Crippen molar-refractivity contribution < 1.29 is 14.6 Å². The lowest BCUT2D eigenvalue weighted by molar-refractivity contribution is -0.165. The summed E-state index contributed by atoms with van der Waals surface area (Å²) in [6.45, 7) is 2.06. The number of alkyl halides is 1. The standard InChI is InChI=1S/C13H17ClO3/c1-2-13(12(15)16,17-9-8-14)10-11-6-4-3-5-7-11/h3-7H,2,8-10H2,1H3,(H,15,16). The van der Waals surface area contributed by atoms with Gasteiger partial charge in [0, 0.05) is 12.3 Å². The molecule has 0 bridgehead atoms. The van der Waals surface area contributed by atoms with Crippen molar-refractivity contribution in [3.8, 4) is 0 Å². The number of halogens is 1. The molecule has 0 heterocycles. The van der Waals surface area contributed by atoms with E-state index in [-0.39, 0.29) is 6.61 Å². The molecule has 0 saturated heterocycles. The minimum atomic E-state index is -1.17. The van der Waals surface area contributed by atoms with Gasteiger partial charge in [-0.3, -0.25) is 0 Å². The van der Waals surface area contributed by atoms with Gasteiger partial charge < -0.3 is 9.84 Å². The molecule has 0 radical (unpaired) electrons. The molecule has 94 valence electrons. The Balaban J connectivity index is 2.86. The van der Waals surface area contributed by atoms with E-state index in [0.717, 1.165) is 5.56 Å². The summed E-state index contributed by atoms with van der Waals surface area (Å²) >= 11 is 5.55. The third kappa shape index (κ3) is 3.72. The van der Waals surface area contributed by atoms with E-state index in [1.165, 1.54) is 0 Å². The van der Waals surface area contributed by atoms with E-state index < -0.39 is 11.6 Å². The monoisotopic (exact) mass is 256 g/mol. The van der Waals surface area contributed by atoms with Gasteiger partial charge in [0.2, 0.25) is 0 Å². The van der Waals surface area contributed by atoms with E-state index in [0.29, 0.717) is 18.7 Å². The first kappa shape index (κ1) is 14.0. The summed E-state index contributed by atoms with van der Waals surface area (Å²) in [5.74, 6) is -0.641. The van der Waals surface area contributed by atoms with Crippen LogP contribution in [0.1, 0.15) is 18.9 Å². The van der Waals surface area contributed by atoms with Crippen LogP contribution in [0.3, 0.4) is 0 Å². The van der Waals surface area contributed by atoms with Crippen LogP contribution >= 0.6 is 11.6 Å². The summed E-state index contributed by atoms with van der Waals surface area (Å²) in [6.07, 6.45) is 0.769. The largest absolute Gasteiger partial charge is 0.479 e. The lowest BCUT2D eigenvalue weighted by Gasteiger charge is -2.28. The molecule has 3 nitrogen and oxygen atoms in total. The molecule has 1 atom stereocenters. The Morgan fingerprint density at radius 2 is 2.06 bits per heavy atom. The van der Waals surface area contributed by atoms with Gasteiger partial charge in [0.25, 0.3) is 0 Å². The fraction of sp³-hybridized carbons (Fsp3) is 0.462. The zero-order valence-corrected chi connectivity index (χ0v) is 10.6. The molecule has 0 saturated carbocycles. The lowest BCUT2D eigenvalue weighted by Crippen LogP contribution is -2.43. The molecule has 0 amide bonds. The Bertz CT molecular complexity index is 353. The number of ether oxygens (including phenoxy) is 1. The molecule has 0 aliphatic heterocycles. The van der Waals surface area contributed by atoms with Crippen molar-refractivity contribution in [2.45, 2.75) is 25.4 Å². The van der Waals surface area contributed by atoms with E-state index in [9.17, 15) is 9.90 Å². The summed E-state index contributed by atoms with van der Waals surface area (Å²) in [6, 6.07) is 9.48. The van der Waals surface area contributed by atoms with Gasteiger partial charge >= 0.3 is 5.97 Å². The summed E-state index contributed by atoms with van der Waals surface area (Å²) < 4.78 is 5.46. The van der Waals surface area contributed by atoms with Crippen LogP contribution < -0.4 is 0 Å². The van der Waals surface area contributed by atoms with E-state index in [2.05, 4.69) is 0 Å². The van der Waals surface area contributed by atoms with Gasteiger partial charge in [0.05, 0.1) is 6.61 Å². The second kappa shape index (κ2) is 6.62. The van der Waals surface area contributed by atoms with Gasteiger partial charge in [-0.1, -0.05) is 37.3 Å². The first-order valence-corrected chi connectivity index (χ1v) is 6.15. The van der Waals surface area contributed by atoms with Crippen LogP contribution in [-0.2, 0) is 16.0 Å². The Morgan fingerprint density at radius 1 is 1.41 bits per heavy atom. The van der Waals surface area contributed by atoms with Crippen LogP contribution in [0.15, 0.2) is 30.3 Å². The van der Waals surface area contributed by atoms with Crippen LogP contribution in [-0.4, -0.2) is 29.2 Å². The molecule has 0 spiro atoms. The second-order valence-electron chi connectivity index (χ2n) is 3.85. The van der Waals surface area contributed by atoms with Crippen LogP contribution in [0.5, 0.6) is 0 Å². The zero-order valence-electron chi connectivity index (χ0n) is 9.86. The molecular weight excluding hydrogens is 240 g/mol. The van der Waals surface area contributed by atoms with Gasteiger partial charge in [-0.05, 0) is 12.0 Å². The van der Waals surface area contributed by atoms with Gasteiger partial charge in [-0.2, -0.15) is 0 Å². The van der Waals surface area contributed by atoms with Gasteiger partial charge in [-0.25, -0.2) is 4.79 Å². The molecule has 0 aromatic heterocycles. The number of hydrogen-bond acceptors (Lipinski definition) is 2. The van der Waals surface area contributed by atoms with Crippen LogP contribution in [0, 0.1) is 0 Å². The Labute approximate surface area is 106 Å². The molecule has 1 aromatic rings. The Kier molecular flexibility index (Phi) is 5.45. The van der Waals surface area contributed by atoms with Crippen molar-refractivity contribution in [3.63, 3.8) is 0 Å². The number of aliphatic carboxylic acids is 1. The van der Waals surface area contributed by atoms with E-state index in [4.69, 9.17) is 16.3 Å². The number of carboxylic acid groups (broad SMARTS) is 1. The van der Waals surface area contributed by atoms with Crippen molar-refractivity contribution in [1.82, 2.24) is 0 Å². The highest BCUT2D eigenvalue weighted by Gasteiger charge is 2.37. The molecule has 0 aliphatic carbocycles. The highest BCUT2D eigenvalue weighted by molar-refractivity contribution is 6.18. The van der Waals surface area contributed by atoms with Crippen molar-refractivity contribution in [2.24, 2.45) is 0 Å². The molecule has 1 unspecified atom stereocenters. The van der Waals surface area contributed by atoms with Crippen molar-refractivity contribution >= 4 is 17.6 Å². The van der Waals surface area contributed by atoms with Gasteiger partial charge in [-0.15, -0.1) is 11.6 Å². The average molecular weight is 257 g/mol. The maximum absolute atomic E-state index is 11.4. The maximum Gasteiger partial charge on any atom is 0.336 e. The van der Waals surface area contributed by atoms with Crippen molar-refractivity contribution in [2.75, 3.05) is 12.5 Å². The molecule has 0 fully saturated rings. The normalized spacial score (nSPS) is 14.2. The first-order valence-electron chi connectivity index (χ1n) is 5.62. The zero-order chi connectivity index (χ0) is 12.7. The molecule has 0 aliphatic rings. The fourth-order valence-corrected chi connectivity index (χ4v) is 1.80. The molecular formula is C13H17ClO3. The summed E-state index contributed by atoms with van der Waals surface area (Å²) in [5, 5.41) is 9.34. The smallest absolute Gasteiger partial charge is 0.336 e. The van der Waals surface area contributed by atoms with Crippen molar-refractivity contribution in [1.29, 1.82) is 0 Å². The highest BCUT2D eigenvalue weighted by atomic mass is 35.5. The molecule has 17 heavy (non-hydrogen) atoms. The quantitative estimate of drug-likeness (QED) is 0.763. The predicted molar refractivity (Wildman–Crippen MR) is 67.5 cm³/mol. The Morgan fingerprint density at radius 3 is 2.53 bits per heavy atom. The summed E-state index contributed by atoms with van der Waals surface area (Å²) in [4.78, 5) is 11.4. The number of hydrogen-bond donors (Lipinski definition) is 1. The topological polar surface area (TPSA) is 46.5 Å². The number of benzene rings is 1. The molecule has 1 N–H and O–H groups in total. The van der Waals surface area contributed by atoms with E-state index in [1.807, 2.05) is 37.3 Å². The molecule has 4 heteroatoms. The molecule has 1 rings (SSSR count). The molecule has 1 aromatic carbocycles. The van der Waals surface area contributed by atoms with Gasteiger partial charge in [0.1, 0.15) is 0 Å². The third-order valence-electron chi connectivity index (χ3n) is 2.75. The fourth-order valence-electron chi connectivity index (χ4n) is 1.73. The van der Waals surface area contributed by atoms with Crippen LogP contribution in [0.25, 0.3) is 0 Å². The number of carbonyl (C=O) groups is 1. The summed E-state index contributed by atoms with van der Waals surface area (Å²) in [5.41, 5.74) is -0.220. The average Bonchev–Trinajstić information content (AvgIpc) is 2.35. The number of carboxylic acids is 1. The van der Waals surface area contributed by atoms with E-state index >= 15 is 0 Å². The minimum Gasteiger partial charge on any atom is -0.479 e. The second-order valence-corrected chi connectivity index (χ2v) is 4.23. The van der Waals surface area contributed by atoms with Crippen LogP contribution in [0.4, 0.5) is 0 Å². The minimum absolute atomic E-state index is 0.245.